The van der Waals surface area contributed by atoms with Crippen molar-refractivity contribution in [3.8, 4) is 0 Å². The Morgan fingerprint density at radius 2 is 1.83 bits per heavy atom. The van der Waals surface area contributed by atoms with E-state index in [4.69, 9.17) is 23.2 Å². The highest BCUT2D eigenvalue weighted by molar-refractivity contribution is 8.14. The summed E-state index contributed by atoms with van der Waals surface area (Å²) < 4.78 is 0. The summed E-state index contributed by atoms with van der Waals surface area (Å²) in [6.07, 6.45) is 0. The molecule has 156 valence electrons. The van der Waals surface area contributed by atoms with Crippen LogP contribution in [-0.2, 0) is 16.1 Å². The van der Waals surface area contributed by atoms with Crippen LogP contribution < -0.4 is 10.6 Å². The highest BCUT2D eigenvalue weighted by Crippen LogP contribution is 2.25. The highest BCUT2D eigenvalue weighted by Gasteiger charge is 2.29. The average molecular weight is 466 g/mol. The van der Waals surface area contributed by atoms with Crippen molar-refractivity contribution in [2.24, 2.45) is 0 Å². The van der Waals surface area contributed by atoms with E-state index in [1.54, 1.807) is 43.3 Å². The number of thioether (sulfide) groups is 1. The molecule has 7 nitrogen and oxygen atoms in total. The highest BCUT2D eigenvalue weighted by atomic mass is 35.5. The second-order valence-corrected chi connectivity index (χ2v) is 8.23. The Bertz CT molecular complexity index is 998. The fourth-order valence-corrected chi connectivity index (χ4v) is 3.79. The van der Waals surface area contributed by atoms with Gasteiger partial charge in [0.25, 0.3) is 11.1 Å². The Labute approximate surface area is 187 Å². The van der Waals surface area contributed by atoms with E-state index in [9.17, 15) is 19.2 Å². The monoisotopic (exact) mass is 465 g/mol. The van der Waals surface area contributed by atoms with Gasteiger partial charge in [0.2, 0.25) is 11.8 Å². The summed E-state index contributed by atoms with van der Waals surface area (Å²) in [5.41, 5.74) is 1.45. The van der Waals surface area contributed by atoms with Gasteiger partial charge in [-0.15, -0.1) is 0 Å². The molecule has 2 aromatic rings. The Morgan fingerprint density at radius 3 is 2.47 bits per heavy atom. The first-order valence-electron chi connectivity index (χ1n) is 8.88. The number of imide groups is 1. The molecule has 1 fully saturated rings. The molecule has 0 bridgehead atoms. The average Bonchev–Trinajstić information content (AvgIpc) is 3.03. The van der Waals surface area contributed by atoms with Crippen LogP contribution in [0.4, 0.5) is 10.5 Å². The molecule has 2 N–H and O–H groups in total. The van der Waals surface area contributed by atoms with Crippen molar-refractivity contribution < 1.29 is 19.2 Å². The van der Waals surface area contributed by atoms with Crippen LogP contribution in [0.15, 0.2) is 42.5 Å². The van der Waals surface area contributed by atoms with Crippen LogP contribution in [0.3, 0.4) is 0 Å². The lowest BCUT2D eigenvalue weighted by atomic mass is 10.1. The summed E-state index contributed by atoms with van der Waals surface area (Å²) in [4.78, 5) is 49.3. The van der Waals surface area contributed by atoms with Crippen molar-refractivity contribution >= 4 is 63.6 Å². The molecule has 2 aromatic carbocycles. The first-order valence-corrected chi connectivity index (χ1v) is 10.6. The van der Waals surface area contributed by atoms with Crippen molar-refractivity contribution in [1.29, 1.82) is 0 Å². The normalized spacial score (nSPS) is 14.6. The largest absolute Gasteiger partial charge is 0.340 e. The number of carbonyl (C=O) groups excluding carboxylic acids is 4. The molecule has 1 atom stereocenters. The Balaban J connectivity index is 1.57. The quantitative estimate of drug-likeness (QED) is 0.673. The van der Waals surface area contributed by atoms with E-state index in [0.29, 0.717) is 5.69 Å². The molecule has 0 spiro atoms. The van der Waals surface area contributed by atoms with Gasteiger partial charge in [0, 0.05) is 5.69 Å². The van der Waals surface area contributed by atoms with Gasteiger partial charge in [-0.2, -0.15) is 0 Å². The zero-order chi connectivity index (χ0) is 21.8. The summed E-state index contributed by atoms with van der Waals surface area (Å²) in [5, 5.41) is 5.38. The van der Waals surface area contributed by atoms with Crippen LogP contribution in [0.1, 0.15) is 22.8 Å². The van der Waals surface area contributed by atoms with E-state index >= 15 is 0 Å². The van der Waals surface area contributed by atoms with Crippen LogP contribution in [0.5, 0.6) is 0 Å². The zero-order valence-electron chi connectivity index (χ0n) is 15.8. The number of anilines is 1. The lowest BCUT2D eigenvalue weighted by molar-refractivity contribution is -0.125. The first-order chi connectivity index (χ1) is 14.3. The number of carbonyl (C=O) groups is 4. The summed E-state index contributed by atoms with van der Waals surface area (Å²) in [6.45, 7) is 1.73. The summed E-state index contributed by atoms with van der Waals surface area (Å²) >= 11 is 12.9. The van der Waals surface area contributed by atoms with Crippen LogP contribution in [0.25, 0.3) is 0 Å². The third-order valence-corrected chi connectivity index (χ3v) is 6.02. The van der Waals surface area contributed by atoms with E-state index in [2.05, 4.69) is 10.6 Å². The molecule has 1 aliphatic heterocycles. The standard InChI is InChI=1S/C20H17Cl2N3O4S/c1-11(23-19(28)14-3-2-4-15(21)17(14)22)18(27)24-13-7-5-12(6-8-13)9-25-16(26)10-30-20(25)29/h2-8,11H,9-10H2,1H3,(H,23,28)(H,24,27). The number of hydrogen-bond donors (Lipinski definition) is 2. The van der Waals surface area contributed by atoms with Crippen molar-refractivity contribution in [1.82, 2.24) is 10.2 Å². The topological polar surface area (TPSA) is 95.6 Å². The molecule has 1 saturated heterocycles. The number of nitrogens with zero attached hydrogens (tertiary/aromatic N) is 1. The number of hydrogen-bond acceptors (Lipinski definition) is 5. The van der Waals surface area contributed by atoms with Gasteiger partial charge in [0.1, 0.15) is 6.04 Å². The van der Waals surface area contributed by atoms with Gasteiger partial charge in [0.15, 0.2) is 0 Å². The second kappa shape index (κ2) is 9.51. The van der Waals surface area contributed by atoms with Crippen molar-refractivity contribution in [2.45, 2.75) is 19.5 Å². The Kier molecular flexibility index (Phi) is 7.02. The first kappa shape index (κ1) is 22.1. The zero-order valence-corrected chi connectivity index (χ0v) is 18.1. The van der Waals surface area contributed by atoms with Gasteiger partial charge >= 0.3 is 0 Å². The predicted octanol–water partition coefficient (Wildman–Crippen LogP) is 3.95. The summed E-state index contributed by atoms with van der Waals surface area (Å²) in [6, 6.07) is 10.6. The number of rotatable bonds is 6. The minimum absolute atomic E-state index is 0.119. The molecule has 4 amide bonds. The van der Waals surface area contributed by atoms with Crippen LogP contribution in [0, 0.1) is 0 Å². The molecule has 1 heterocycles. The minimum Gasteiger partial charge on any atom is -0.340 e. The maximum atomic E-state index is 12.4. The van der Waals surface area contributed by atoms with E-state index in [-0.39, 0.29) is 39.1 Å². The van der Waals surface area contributed by atoms with Crippen LogP contribution in [-0.4, -0.2) is 39.7 Å². The van der Waals surface area contributed by atoms with E-state index < -0.39 is 17.9 Å². The third-order valence-electron chi connectivity index (χ3n) is 4.34. The minimum atomic E-state index is -0.830. The molecular weight excluding hydrogens is 449 g/mol. The SMILES string of the molecule is CC(NC(=O)c1cccc(Cl)c1Cl)C(=O)Nc1ccc(CN2C(=O)CSC2=O)cc1. The fraction of sp³-hybridized carbons (Fsp3) is 0.200. The fourth-order valence-electron chi connectivity index (χ4n) is 2.68. The lowest BCUT2D eigenvalue weighted by Crippen LogP contribution is -2.41. The van der Waals surface area contributed by atoms with E-state index in [1.807, 2.05) is 0 Å². The molecule has 30 heavy (non-hydrogen) atoms. The molecule has 1 unspecified atom stereocenters. The van der Waals surface area contributed by atoms with E-state index in [0.717, 1.165) is 17.3 Å². The van der Waals surface area contributed by atoms with Gasteiger partial charge in [0.05, 0.1) is 27.9 Å². The van der Waals surface area contributed by atoms with Gasteiger partial charge in [-0.05, 0) is 36.8 Å². The smallest absolute Gasteiger partial charge is 0.289 e. The molecule has 0 radical (unpaired) electrons. The van der Waals surface area contributed by atoms with Crippen LogP contribution >= 0.6 is 35.0 Å². The molecule has 0 saturated carbocycles. The van der Waals surface area contributed by atoms with Crippen molar-refractivity contribution in [3.63, 3.8) is 0 Å². The molecule has 10 heteroatoms. The van der Waals surface area contributed by atoms with Gasteiger partial charge in [-0.25, -0.2) is 0 Å². The third kappa shape index (κ3) is 5.13. The van der Waals surface area contributed by atoms with E-state index in [1.165, 1.54) is 11.0 Å². The molecule has 3 rings (SSSR count). The Hall–Kier alpha value is -2.55. The summed E-state index contributed by atoms with van der Waals surface area (Å²) in [7, 11) is 0. The number of benzene rings is 2. The summed E-state index contributed by atoms with van der Waals surface area (Å²) in [5.74, 6) is -0.989. The van der Waals surface area contributed by atoms with Gasteiger partial charge in [-0.3, -0.25) is 24.1 Å². The number of halogens is 2. The second-order valence-electron chi connectivity index (χ2n) is 6.52. The van der Waals surface area contributed by atoms with Crippen molar-refractivity contribution in [2.75, 3.05) is 11.1 Å². The molecule has 0 aromatic heterocycles. The number of amides is 4. The van der Waals surface area contributed by atoms with Crippen LogP contribution in [0.2, 0.25) is 10.0 Å². The maximum absolute atomic E-state index is 12.4. The number of nitrogens with one attached hydrogen (secondary N) is 2. The Morgan fingerprint density at radius 1 is 1.13 bits per heavy atom. The lowest BCUT2D eigenvalue weighted by Gasteiger charge is -2.16. The molecular formula is C20H17Cl2N3O4S. The predicted molar refractivity (Wildman–Crippen MR) is 117 cm³/mol. The van der Waals surface area contributed by atoms with Gasteiger partial charge in [-0.1, -0.05) is 53.2 Å². The van der Waals surface area contributed by atoms with Crippen molar-refractivity contribution in [3.05, 3.63) is 63.6 Å². The maximum Gasteiger partial charge on any atom is 0.289 e. The van der Waals surface area contributed by atoms with Gasteiger partial charge < -0.3 is 10.6 Å². The molecule has 0 aliphatic carbocycles. The molecule has 1 aliphatic rings.